The van der Waals surface area contributed by atoms with E-state index in [0.29, 0.717) is 18.1 Å². The smallest absolute Gasteiger partial charge is 0.266 e. The molecule has 3 rings (SSSR count). The standard InChI is InChI=1S/C19H21N3O3/c1-13-9-14(2)11-17(10-13)25-15(3)19(23)21-18-6-7-20-22(18)12-16-5-4-8-24-16/h4-11,15H,12H2,1-3H3,(H,21,23)/t15-/m0/s1. The highest BCUT2D eigenvalue weighted by Gasteiger charge is 2.17. The number of carbonyl (C=O) groups excluding carboxylic acids is 1. The average molecular weight is 339 g/mol. The van der Waals surface area contributed by atoms with Crippen LogP contribution in [0.15, 0.2) is 53.3 Å². The van der Waals surface area contributed by atoms with Crippen molar-refractivity contribution in [2.75, 3.05) is 5.32 Å². The lowest BCUT2D eigenvalue weighted by atomic mass is 10.1. The van der Waals surface area contributed by atoms with Gasteiger partial charge in [-0.2, -0.15) is 5.10 Å². The topological polar surface area (TPSA) is 69.3 Å². The molecular weight excluding hydrogens is 318 g/mol. The lowest BCUT2D eigenvalue weighted by Crippen LogP contribution is -2.31. The number of hydrogen-bond acceptors (Lipinski definition) is 4. The van der Waals surface area contributed by atoms with Crippen LogP contribution in [0.25, 0.3) is 0 Å². The Hall–Kier alpha value is -3.02. The molecule has 0 saturated carbocycles. The normalized spacial score (nSPS) is 12.0. The number of ether oxygens (including phenoxy) is 1. The van der Waals surface area contributed by atoms with E-state index in [4.69, 9.17) is 9.15 Å². The van der Waals surface area contributed by atoms with Crippen molar-refractivity contribution in [3.63, 3.8) is 0 Å². The molecule has 130 valence electrons. The predicted octanol–water partition coefficient (Wildman–Crippen LogP) is 3.55. The van der Waals surface area contributed by atoms with Gasteiger partial charge in [0.1, 0.15) is 23.9 Å². The van der Waals surface area contributed by atoms with Crippen molar-refractivity contribution in [1.82, 2.24) is 9.78 Å². The summed E-state index contributed by atoms with van der Waals surface area (Å²) in [5.74, 6) is 1.81. The average Bonchev–Trinajstić information content (AvgIpc) is 3.19. The second-order valence-corrected chi connectivity index (χ2v) is 6.03. The fraction of sp³-hybridized carbons (Fsp3) is 0.263. The first-order valence-electron chi connectivity index (χ1n) is 8.11. The molecular formula is C19H21N3O3. The van der Waals surface area contributed by atoms with Crippen LogP contribution in [0.1, 0.15) is 23.8 Å². The van der Waals surface area contributed by atoms with E-state index in [1.54, 1.807) is 30.1 Å². The molecule has 1 N–H and O–H groups in total. The van der Waals surface area contributed by atoms with E-state index in [2.05, 4.69) is 16.5 Å². The van der Waals surface area contributed by atoms with Crippen molar-refractivity contribution in [2.45, 2.75) is 33.4 Å². The maximum absolute atomic E-state index is 12.4. The number of furan rings is 1. The molecule has 25 heavy (non-hydrogen) atoms. The Kier molecular flexibility index (Phi) is 4.88. The Morgan fingerprint density at radius 1 is 1.28 bits per heavy atom. The van der Waals surface area contributed by atoms with Crippen LogP contribution in [-0.2, 0) is 11.3 Å². The van der Waals surface area contributed by atoms with Crippen LogP contribution in [-0.4, -0.2) is 21.8 Å². The number of aryl methyl sites for hydroxylation is 2. The fourth-order valence-corrected chi connectivity index (χ4v) is 2.60. The van der Waals surface area contributed by atoms with E-state index in [0.717, 1.165) is 16.9 Å². The van der Waals surface area contributed by atoms with Crippen LogP contribution in [0.5, 0.6) is 5.75 Å². The third-order valence-electron chi connectivity index (χ3n) is 3.73. The van der Waals surface area contributed by atoms with Crippen molar-refractivity contribution in [2.24, 2.45) is 0 Å². The maximum atomic E-state index is 12.4. The van der Waals surface area contributed by atoms with Crippen LogP contribution >= 0.6 is 0 Å². The number of anilines is 1. The molecule has 0 aliphatic heterocycles. The van der Waals surface area contributed by atoms with Gasteiger partial charge in [-0.3, -0.25) is 4.79 Å². The fourth-order valence-electron chi connectivity index (χ4n) is 2.60. The molecule has 0 unspecified atom stereocenters. The number of hydrogen-bond donors (Lipinski definition) is 1. The number of carbonyl (C=O) groups is 1. The molecule has 1 amide bonds. The van der Waals surface area contributed by atoms with Gasteiger partial charge in [0.2, 0.25) is 0 Å². The summed E-state index contributed by atoms with van der Waals surface area (Å²) in [5, 5.41) is 7.06. The van der Waals surface area contributed by atoms with Crippen molar-refractivity contribution >= 4 is 11.7 Å². The molecule has 3 aromatic rings. The maximum Gasteiger partial charge on any atom is 0.266 e. The molecule has 2 heterocycles. The van der Waals surface area contributed by atoms with E-state index in [1.165, 1.54) is 0 Å². The highest BCUT2D eigenvalue weighted by molar-refractivity contribution is 5.93. The molecule has 6 nitrogen and oxygen atoms in total. The summed E-state index contributed by atoms with van der Waals surface area (Å²) < 4.78 is 12.8. The van der Waals surface area contributed by atoms with Crippen LogP contribution in [0.3, 0.4) is 0 Å². The number of aromatic nitrogens is 2. The summed E-state index contributed by atoms with van der Waals surface area (Å²) in [4.78, 5) is 12.4. The Morgan fingerprint density at radius 3 is 2.72 bits per heavy atom. The first-order valence-corrected chi connectivity index (χ1v) is 8.11. The summed E-state index contributed by atoms with van der Waals surface area (Å²) >= 11 is 0. The van der Waals surface area contributed by atoms with E-state index in [9.17, 15) is 4.79 Å². The SMILES string of the molecule is Cc1cc(C)cc(O[C@@H](C)C(=O)Nc2ccnn2Cc2ccco2)c1. The summed E-state index contributed by atoms with van der Waals surface area (Å²) in [5.41, 5.74) is 2.19. The molecule has 1 aromatic carbocycles. The number of amides is 1. The molecule has 0 aliphatic rings. The molecule has 0 spiro atoms. The quantitative estimate of drug-likeness (QED) is 0.746. The molecule has 0 saturated heterocycles. The lowest BCUT2D eigenvalue weighted by Gasteiger charge is -2.16. The van der Waals surface area contributed by atoms with E-state index < -0.39 is 6.10 Å². The van der Waals surface area contributed by atoms with Gasteiger partial charge in [-0.05, 0) is 56.2 Å². The van der Waals surface area contributed by atoms with Gasteiger partial charge >= 0.3 is 0 Å². The molecule has 0 radical (unpaired) electrons. The molecule has 1 atom stereocenters. The van der Waals surface area contributed by atoms with Crippen LogP contribution in [0, 0.1) is 13.8 Å². The third kappa shape index (κ3) is 4.29. The lowest BCUT2D eigenvalue weighted by molar-refractivity contribution is -0.122. The molecule has 2 aromatic heterocycles. The zero-order chi connectivity index (χ0) is 17.8. The molecule has 6 heteroatoms. The Balaban J connectivity index is 1.65. The zero-order valence-corrected chi connectivity index (χ0v) is 14.5. The zero-order valence-electron chi connectivity index (χ0n) is 14.5. The molecule has 0 aliphatic carbocycles. The number of nitrogens with one attached hydrogen (secondary N) is 1. The van der Waals surface area contributed by atoms with E-state index >= 15 is 0 Å². The Morgan fingerprint density at radius 2 is 2.04 bits per heavy atom. The molecule has 0 fully saturated rings. The van der Waals surface area contributed by atoms with Crippen molar-refractivity contribution < 1.29 is 13.9 Å². The number of rotatable bonds is 6. The first kappa shape index (κ1) is 16.8. The van der Waals surface area contributed by atoms with Gasteiger partial charge in [0.05, 0.1) is 12.5 Å². The number of benzene rings is 1. The highest BCUT2D eigenvalue weighted by Crippen LogP contribution is 2.18. The van der Waals surface area contributed by atoms with E-state index in [-0.39, 0.29) is 5.91 Å². The van der Waals surface area contributed by atoms with Gasteiger partial charge in [0, 0.05) is 6.07 Å². The van der Waals surface area contributed by atoms with Gasteiger partial charge < -0.3 is 14.5 Å². The summed E-state index contributed by atoms with van der Waals surface area (Å²) in [6.07, 6.45) is 2.61. The second-order valence-electron chi connectivity index (χ2n) is 6.03. The largest absolute Gasteiger partial charge is 0.481 e. The summed E-state index contributed by atoms with van der Waals surface area (Å²) in [7, 11) is 0. The minimum atomic E-state index is -0.631. The second kappa shape index (κ2) is 7.25. The van der Waals surface area contributed by atoms with Crippen molar-refractivity contribution in [3.8, 4) is 5.75 Å². The monoisotopic (exact) mass is 339 g/mol. The summed E-state index contributed by atoms with van der Waals surface area (Å²) in [6.45, 7) is 6.16. The van der Waals surface area contributed by atoms with Gasteiger partial charge in [-0.1, -0.05) is 6.07 Å². The van der Waals surface area contributed by atoms with Gasteiger partial charge in [0.25, 0.3) is 5.91 Å². The minimum absolute atomic E-state index is 0.236. The van der Waals surface area contributed by atoms with Crippen molar-refractivity contribution in [1.29, 1.82) is 0 Å². The van der Waals surface area contributed by atoms with Crippen molar-refractivity contribution in [3.05, 3.63) is 65.7 Å². The van der Waals surface area contributed by atoms with Crippen LogP contribution in [0.4, 0.5) is 5.82 Å². The minimum Gasteiger partial charge on any atom is -0.481 e. The molecule has 0 bridgehead atoms. The van der Waals surface area contributed by atoms with Crippen LogP contribution in [0.2, 0.25) is 0 Å². The predicted molar refractivity (Wildman–Crippen MR) is 94.7 cm³/mol. The van der Waals surface area contributed by atoms with Gasteiger partial charge in [0.15, 0.2) is 6.10 Å². The third-order valence-corrected chi connectivity index (χ3v) is 3.73. The Labute approximate surface area is 146 Å². The van der Waals surface area contributed by atoms with Gasteiger partial charge in [-0.25, -0.2) is 4.68 Å². The first-order chi connectivity index (χ1) is 12.0. The van der Waals surface area contributed by atoms with Gasteiger partial charge in [-0.15, -0.1) is 0 Å². The number of nitrogens with zero attached hydrogens (tertiary/aromatic N) is 2. The summed E-state index contributed by atoms with van der Waals surface area (Å²) in [6, 6.07) is 11.3. The van der Waals surface area contributed by atoms with E-state index in [1.807, 2.05) is 38.1 Å². The highest BCUT2D eigenvalue weighted by atomic mass is 16.5. The Bertz CT molecular complexity index is 832. The van der Waals surface area contributed by atoms with Crippen LogP contribution < -0.4 is 10.1 Å².